The molecule has 0 amide bonds. The molecule has 1 aromatic heterocycles. The summed E-state index contributed by atoms with van der Waals surface area (Å²) in [4.78, 5) is 3.84. The van der Waals surface area contributed by atoms with Gasteiger partial charge in [0.2, 0.25) is 11.8 Å². The number of aromatic nitrogens is 1. The van der Waals surface area contributed by atoms with Crippen LogP contribution >= 0.6 is 0 Å². The smallest absolute Gasteiger partial charge is 0.421 e. The van der Waals surface area contributed by atoms with E-state index < -0.39 is 17.6 Å². The molecule has 134 valence electrons. The zero-order valence-corrected chi connectivity index (χ0v) is 13.3. The van der Waals surface area contributed by atoms with E-state index in [0.29, 0.717) is 17.1 Å². The first-order valence-electron chi connectivity index (χ1n) is 7.46. The van der Waals surface area contributed by atoms with Crippen molar-refractivity contribution in [3.05, 3.63) is 66.2 Å². The van der Waals surface area contributed by atoms with Crippen LogP contribution in [0, 0.1) is 0 Å². The van der Waals surface area contributed by atoms with Gasteiger partial charge in [0.15, 0.2) is 0 Å². The lowest BCUT2D eigenvalue weighted by Crippen LogP contribution is -2.09. The van der Waals surface area contributed by atoms with Crippen LogP contribution in [0.2, 0.25) is 0 Å². The molecule has 1 heterocycles. The summed E-state index contributed by atoms with van der Waals surface area (Å²) in [7, 11) is 0. The van der Waals surface area contributed by atoms with Crippen molar-refractivity contribution in [1.82, 2.24) is 4.98 Å². The van der Waals surface area contributed by atoms with E-state index in [4.69, 9.17) is 20.9 Å². The number of benzene rings is 2. The maximum Gasteiger partial charge on any atom is 0.421 e. The predicted octanol–water partition coefficient (Wildman–Crippen LogP) is 4.85. The van der Waals surface area contributed by atoms with Gasteiger partial charge in [-0.3, -0.25) is 0 Å². The van der Waals surface area contributed by atoms with Crippen molar-refractivity contribution in [3.63, 3.8) is 0 Å². The highest BCUT2D eigenvalue weighted by Crippen LogP contribution is 2.38. The molecule has 0 aliphatic heterocycles. The van der Waals surface area contributed by atoms with E-state index in [1.54, 1.807) is 30.3 Å². The van der Waals surface area contributed by atoms with E-state index in [9.17, 15) is 13.2 Å². The molecule has 3 rings (SSSR count). The molecule has 2 aromatic carbocycles. The minimum Gasteiger partial charge on any atom is -0.439 e. The van der Waals surface area contributed by atoms with Gasteiger partial charge in [0.1, 0.15) is 17.1 Å². The van der Waals surface area contributed by atoms with Gasteiger partial charge in [0.25, 0.3) is 0 Å². The van der Waals surface area contributed by atoms with E-state index in [0.717, 1.165) is 12.1 Å². The van der Waals surface area contributed by atoms with Gasteiger partial charge in [-0.2, -0.15) is 18.2 Å². The molecule has 0 aliphatic carbocycles. The van der Waals surface area contributed by atoms with Gasteiger partial charge < -0.3 is 20.9 Å². The number of rotatable bonds is 4. The van der Waals surface area contributed by atoms with Crippen LogP contribution in [0.5, 0.6) is 23.3 Å². The standard InChI is InChI=1S/C18H14F3N3O2/c19-18(20,21)15-7-8-16(25-13-5-1-3-11(22)9-13)24-17(15)26-14-6-2-4-12(23)10-14/h1-10H,22-23H2. The van der Waals surface area contributed by atoms with Crippen LogP contribution in [0.1, 0.15) is 5.56 Å². The number of nitrogens with two attached hydrogens (primary N) is 2. The van der Waals surface area contributed by atoms with Gasteiger partial charge in [0.05, 0.1) is 0 Å². The second kappa shape index (κ2) is 6.83. The lowest BCUT2D eigenvalue weighted by atomic mass is 10.2. The first kappa shape index (κ1) is 17.4. The zero-order valence-electron chi connectivity index (χ0n) is 13.3. The third kappa shape index (κ3) is 4.15. The van der Waals surface area contributed by atoms with Crippen molar-refractivity contribution >= 4 is 11.4 Å². The number of pyridine rings is 1. The van der Waals surface area contributed by atoms with E-state index in [-0.39, 0.29) is 11.6 Å². The second-order valence-corrected chi connectivity index (χ2v) is 5.35. The van der Waals surface area contributed by atoms with Gasteiger partial charge >= 0.3 is 6.18 Å². The van der Waals surface area contributed by atoms with Crippen LogP contribution in [0.4, 0.5) is 24.5 Å². The van der Waals surface area contributed by atoms with Gasteiger partial charge in [0, 0.05) is 29.6 Å². The lowest BCUT2D eigenvalue weighted by Gasteiger charge is -2.14. The molecule has 5 nitrogen and oxygen atoms in total. The molecule has 0 fully saturated rings. The summed E-state index contributed by atoms with van der Waals surface area (Å²) in [5, 5.41) is 0. The van der Waals surface area contributed by atoms with Crippen LogP contribution in [-0.2, 0) is 6.18 Å². The van der Waals surface area contributed by atoms with Gasteiger partial charge in [-0.05, 0) is 30.3 Å². The fourth-order valence-corrected chi connectivity index (χ4v) is 2.16. The monoisotopic (exact) mass is 361 g/mol. The third-order valence-electron chi connectivity index (χ3n) is 3.29. The topological polar surface area (TPSA) is 83.4 Å². The molecule has 4 N–H and O–H groups in total. The Hall–Kier alpha value is -3.42. The molecule has 0 spiro atoms. The maximum atomic E-state index is 13.2. The first-order chi connectivity index (χ1) is 12.3. The zero-order chi connectivity index (χ0) is 18.7. The minimum atomic E-state index is -4.64. The normalized spacial score (nSPS) is 11.2. The van der Waals surface area contributed by atoms with Gasteiger partial charge in [-0.15, -0.1) is 0 Å². The maximum absolute atomic E-state index is 13.2. The van der Waals surface area contributed by atoms with Gasteiger partial charge in [-0.1, -0.05) is 12.1 Å². The van der Waals surface area contributed by atoms with E-state index in [1.165, 1.54) is 18.2 Å². The molecule has 0 radical (unpaired) electrons. The molecule has 0 aliphatic rings. The van der Waals surface area contributed by atoms with Crippen molar-refractivity contribution < 1.29 is 22.6 Å². The highest BCUT2D eigenvalue weighted by molar-refractivity contribution is 5.47. The number of hydrogen-bond acceptors (Lipinski definition) is 5. The Morgan fingerprint density at radius 2 is 1.35 bits per heavy atom. The number of hydrogen-bond donors (Lipinski definition) is 2. The first-order valence-corrected chi connectivity index (χ1v) is 7.46. The average molecular weight is 361 g/mol. The number of nitrogens with zero attached hydrogens (tertiary/aromatic N) is 1. The van der Waals surface area contributed by atoms with Crippen molar-refractivity contribution in [2.75, 3.05) is 11.5 Å². The second-order valence-electron chi connectivity index (χ2n) is 5.35. The fourth-order valence-electron chi connectivity index (χ4n) is 2.16. The summed E-state index contributed by atoms with van der Waals surface area (Å²) in [6.45, 7) is 0. The quantitative estimate of drug-likeness (QED) is 0.649. The minimum absolute atomic E-state index is 0.0671. The number of alkyl halides is 3. The van der Waals surface area contributed by atoms with Crippen molar-refractivity contribution in [1.29, 1.82) is 0 Å². The molecule has 0 bridgehead atoms. The van der Waals surface area contributed by atoms with Crippen LogP contribution in [0.25, 0.3) is 0 Å². The third-order valence-corrected chi connectivity index (χ3v) is 3.29. The molecule has 8 heteroatoms. The summed E-state index contributed by atoms with van der Waals surface area (Å²) in [6, 6.07) is 14.4. The lowest BCUT2D eigenvalue weighted by molar-refractivity contribution is -0.138. The van der Waals surface area contributed by atoms with Crippen molar-refractivity contribution in [3.8, 4) is 23.3 Å². The molecule has 0 saturated carbocycles. The Morgan fingerprint density at radius 1 is 0.769 bits per heavy atom. The average Bonchev–Trinajstić information content (AvgIpc) is 2.54. The van der Waals surface area contributed by atoms with Crippen LogP contribution in [0.3, 0.4) is 0 Å². The molecule has 3 aromatic rings. The molecule has 0 atom stereocenters. The predicted molar refractivity (Wildman–Crippen MR) is 91.1 cm³/mol. The highest BCUT2D eigenvalue weighted by Gasteiger charge is 2.36. The van der Waals surface area contributed by atoms with E-state index in [1.807, 2.05) is 0 Å². The summed E-state index contributed by atoms with van der Waals surface area (Å²) in [5.74, 6) is -0.233. The number of halogens is 3. The Bertz CT molecular complexity index is 930. The van der Waals surface area contributed by atoms with E-state index in [2.05, 4.69) is 4.98 Å². The van der Waals surface area contributed by atoms with Crippen LogP contribution in [-0.4, -0.2) is 4.98 Å². The van der Waals surface area contributed by atoms with Crippen molar-refractivity contribution in [2.45, 2.75) is 6.18 Å². The summed E-state index contributed by atoms with van der Waals surface area (Å²) < 4.78 is 50.5. The number of anilines is 2. The van der Waals surface area contributed by atoms with E-state index >= 15 is 0 Å². The Labute approximate surface area is 147 Å². The number of nitrogen functional groups attached to an aromatic ring is 2. The van der Waals surface area contributed by atoms with Crippen LogP contribution in [0.15, 0.2) is 60.7 Å². The van der Waals surface area contributed by atoms with Gasteiger partial charge in [-0.25, -0.2) is 0 Å². The van der Waals surface area contributed by atoms with Crippen molar-refractivity contribution in [2.24, 2.45) is 0 Å². The fraction of sp³-hybridized carbons (Fsp3) is 0.0556. The Balaban J connectivity index is 1.96. The summed E-state index contributed by atoms with van der Waals surface area (Å²) in [6.07, 6.45) is -4.64. The Morgan fingerprint density at radius 3 is 1.88 bits per heavy atom. The molecule has 0 saturated heterocycles. The summed E-state index contributed by atoms with van der Waals surface area (Å²) >= 11 is 0. The SMILES string of the molecule is Nc1cccc(Oc2ccc(C(F)(F)F)c(Oc3cccc(N)c3)n2)c1. The van der Waals surface area contributed by atoms with Crippen LogP contribution < -0.4 is 20.9 Å². The number of ether oxygens (including phenoxy) is 2. The Kier molecular flexibility index (Phi) is 4.57. The molecular weight excluding hydrogens is 347 g/mol. The highest BCUT2D eigenvalue weighted by atomic mass is 19.4. The molecule has 26 heavy (non-hydrogen) atoms. The molecule has 0 unspecified atom stereocenters. The molecular formula is C18H14F3N3O2. The summed E-state index contributed by atoms with van der Waals surface area (Å²) in [5.41, 5.74) is 11.0. The largest absolute Gasteiger partial charge is 0.439 e.